The summed E-state index contributed by atoms with van der Waals surface area (Å²) in [5.74, 6) is 0. The molecule has 2 N–H and O–H groups in total. The number of nitrogens with one attached hydrogen (secondary N) is 2. The summed E-state index contributed by atoms with van der Waals surface area (Å²) in [6.45, 7) is 0. The van der Waals surface area contributed by atoms with Gasteiger partial charge in [-0.2, -0.15) is 0 Å². The van der Waals surface area contributed by atoms with Crippen LogP contribution in [-0.4, -0.2) is 9.97 Å². The Balaban J connectivity index is 3.06. The summed E-state index contributed by atoms with van der Waals surface area (Å²) in [5, 5.41) is 0. The summed E-state index contributed by atoms with van der Waals surface area (Å²) in [5.41, 5.74) is 1.57. The SMILES string of the molecule is O=c1cc[nH]c2c(I)c[nH]c12. The minimum atomic E-state index is 0.0293. The van der Waals surface area contributed by atoms with Gasteiger partial charge in [0, 0.05) is 18.5 Å². The second-order valence-corrected chi connectivity index (χ2v) is 3.39. The first-order chi connectivity index (χ1) is 5.29. The van der Waals surface area contributed by atoms with Gasteiger partial charge in [-0.1, -0.05) is 0 Å². The van der Waals surface area contributed by atoms with Crippen LogP contribution in [0.2, 0.25) is 0 Å². The number of hydrogen-bond donors (Lipinski definition) is 2. The van der Waals surface area contributed by atoms with Gasteiger partial charge in [-0.15, -0.1) is 0 Å². The molecule has 11 heavy (non-hydrogen) atoms. The quantitative estimate of drug-likeness (QED) is 0.692. The zero-order chi connectivity index (χ0) is 7.84. The van der Waals surface area contributed by atoms with E-state index in [4.69, 9.17) is 0 Å². The Hall–Kier alpha value is -0.780. The summed E-state index contributed by atoms with van der Waals surface area (Å²) in [6.07, 6.45) is 3.46. The third kappa shape index (κ3) is 0.973. The van der Waals surface area contributed by atoms with Crippen LogP contribution in [0.3, 0.4) is 0 Å². The van der Waals surface area contributed by atoms with E-state index in [0.29, 0.717) is 5.52 Å². The maximum atomic E-state index is 11.1. The van der Waals surface area contributed by atoms with Gasteiger partial charge in [0.15, 0.2) is 0 Å². The van der Waals surface area contributed by atoms with E-state index < -0.39 is 0 Å². The fourth-order valence-electron chi connectivity index (χ4n) is 1.02. The summed E-state index contributed by atoms with van der Waals surface area (Å²) in [4.78, 5) is 17.0. The Morgan fingerprint density at radius 1 is 1.27 bits per heavy atom. The second-order valence-electron chi connectivity index (χ2n) is 2.23. The first-order valence-corrected chi connectivity index (χ1v) is 4.21. The number of aromatic amines is 2. The number of pyridine rings is 1. The maximum Gasteiger partial charge on any atom is 0.205 e. The van der Waals surface area contributed by atoms with Crippen molar-refractivity contribution in [1.82, 2.24) is 9.97 Å². The predicted molar refractivity (Wildman–Crippen MR) is 51.6 cm³/mol. The number of H-pyrrole nitrogens is 2. The van der Waals surface area contributed by atoms with Crippen molar-refractivity contribution < 1.29 is 0 Å². The van der Waals surface area contributed by atoms with Gasteiger partial charge in [0.05, 0.1) is 9.09 Å². The van der Waals surface area contributed by atoms with Crippen LogP contribution in [0.1, 0.15) is 0 Å². The highest BCUT2D eigenvalue weighted by Crippen LogP contribution is 2.13. The number of fused-ring (bicyclic) bond motifs is 1. The normalized spacial score (nSPS) is 10.6. The minimum absolute atomic E-state index is 0.0293. The molecule has 2 aromatic heterocycles. The molecule has 0 aliphatic rings. The summed E-state index contributed by atoms with van der Waals surface area (Å²) >= 11 is 2.17. The molecule has 0 amide bonds. The Kier molecular flexibility index (Phi) is 1.49. The lowest BCUT2D eigenvalue weighted by Crippen LogP contribution is -1.98. The van der Waals surface area contributed by atoms with E-state index in [2.05, 4.69) is 32.6 Å². The third-order valence-electron chi connectivity index (χ3n) is 1.54. The molecule has 4 heteroatoms. The van der Waals surface area contributed by atoms with Crippen molar-refractivity contribution >= 4 is 33.6 Å². The highest BCUT2D eigenvalue weighted by atomic mass is 127. The fourth-order valence-corrected chi connectivity index (χ4v) is 1.60. The average molecular weight is 260 g/mol. The van der Waals surface area contributed by atoms with Crippen LogP contribution in [0.25, 0.3) is 11.0 Å². The Morgan fingerprint density at radius 3 is 2.82 bits per heavy atom. The van der Waals surface area contributed by atoms with E-state index in [9.17, 15) is 4.79 Å². The number of hydrogen-bond acceptors (Lipinski definition) is 1. The largest absolute Gasteiger partial charge is 0.359 e. The monoisotopic (exact) mass is 260 g/mol. The molecule has 0 unspecified atom stereocenters. The molecular formula is C7H5IN2O. The van der Waals surface area contributed by atoms with Gasteiger partial charge in [0.1, 0.15) is 5.52 Å². The molecule has 56 valence electrons. The highest BCUT2D eigenvalue weighted by Gasteiger charge is 2.01. The lowest BCUT2D eigenvalue weighted by atomic mass is 10.4. The zero-order valence-electron chi connectivity index (χ0n) is 5.52. The van der Waals surface area contributed by atoms with Gasteiger partial charge in [-0.3, -0.25) is 4.79 Å². The van der Waals surface area contributed by atoms with Crippen LogP contribution < -0.4 is 5.43 Å². The van der Waals surface area contributed by atoms with E-state index in [-0.39, 0.29) is 5.43 Å². The third-order valence-corrected chi connectivity index (χ3v) is 2.39. The summed E-state index contributed by atoms with van der Waals surface area (Å²) in [7, 11) is 0. The maximum absolute atomic E-state index is 11.1. The molecule has 0 saturated heterocycles. The van der Waals surface area contributed by atoms with Gasteiger partial charge in [-0.25, -0.2) is 0 Å². The van der Waals surface area contributed by atoms with Gasteiger partial charge in [0.25, 0.3) is 0 Å². The molecule has 0 aromatic carbocycles. The molecule has 2 heterocycles. The van der Waals surface area contributed by atoms with Crippen molar-refractivity contribution in [2.45, 2.75) is 0 Å². The number of aromatic nitrogens is 2. The van der Waals surface area contributed by atoms with Crippen LogP contribution in [-0.2, 0) is 0 Å². The van der Waals surface area contributed by atoms with Gasteiger partial charge >= 0.3 is 0 Å². The smallest absolute Gasteiger partial charge is 0.205 e. The molecule has 0 spiro atoms. The first-order valence-electron chi connectivity index (χ1n) is 3.13. The van der Waals surface area contributed by atoms with Gasteiger partial charge < -0.3 is 9.97 Å². The average Bonchev–Trinajstić information content (AvgIpc) is 2.35. The molecule has 0 saturated carbocycles. The van der Waals surface area contributed by atoms with Gasteiger partial charge in [-0.05, 0) is 22.6 Å². The molecule has 0 bridgehead atoms. The van der Waals surface area contributed by atoms with E-state index in [1.807, 2.05) is 6.20 Å². The van der Waals surface area contributed by atoms with E-state index in [1.54, 1.807) is 6.20 Å². The summed E-state index contributed by atoms with van der Waals surface area (Å²) < 4.78 is 1.04. The standard InChI is InChI=1S/C7H5IN2O/c8-4-3-10-7-5(11)1-2-9-6(4)7/h1-3,10H,(H,9,11). The van der Waals surface area contributed by atoms with Crippen molar-refractivity contribution in [3.63, 3.8) is 0 Å². The van der Waals surface area contributed by atoms with Crippen LogP contribution in [0.5, 0.6) is 0 Å². The molecule has 0 aliphatic heterocycles. The van der Waals surface area contributed by atoms with Crippen molar-refractivity contribution in [2.24, 2.45) is 0 Å². The minimum Gasteiger partial charge on any atom is -0.359 e. The van der Waals surface area contributed by atoms with Crippen LogP contribution in [0.15, 0.2) is 23.3 Å². The molecule has 2 aromatic rings. The molecular weight excluding hydrogens is 255 g/mol. The predicted octanol–water partition coefficient (Wildman–Crippen LogP) is 1.46. The number of halogens is 1. The Bertz CT molecular complexity index is 443. The summed E-state index contributed by atoms with van der Waals surface area (Å²) in [6, 6.07) is 1.51. The Morgan fingerprint density at radius 2 is 2.09 bits per heavy atom. The van der Waals surface area contributed by atoms with Gasteiger partial charge in [0.2, 0.25) is 5.43 Å². The molecule has 3 nitrogen and oxygen atoms in total. The molecule has 0 radical (unpaired) electrons. The van der Waals surface area contributed by atoms with Crippen LogP contribution in [0.4, 0.5) is 0 Å². The fraction of sp³-hybridized carbons (Fsp3) is 0. The van der Waals surface area contributed by atoms with Crippen molar-refractivity contribution in [3.05, 3.63) is 32.3 Å². The van der Waals surface area contributed by atoms with Crippen molar-refractivity contribution in [2.75, 3.05) is 0 Å². The molecule has 2 rings (SSSR count). The second kappa shape index (κ2) is 2.37. The van der Waals surface area contributed by atoms with Crippen molar-refractivity contribution in [1.29, 1.82) is 0 Å². The van der Waals surface area contributed by atoms with Crippen LogP contribution in [0, 0.1) is 3.57 Å². The lowest BCUT2D eigenvalue weighted by molar-refractivity contribution is 1.38. The molecule has 0 aliphatic carbocycles. The van der Waals surface area contributed by atoms with E-state index in [0.717, 1.165) is 9.09 Å². The van der Waals surface area contributed by atoms with E-state index in [1.165, 1.54) is 6.07 Å². The Labute approximate surface area is 76.0 Å². The lowest BCUT2D eigenvalue weighted by Gasteiger charge is -1.87. The zero-order valence-corrected chi connectivity index (χ0v) is 7.68. The molecule has 0 atom stereocenters. The first kappa shape index (κ1) is 6.90. The number of rotatable bonds is 0. The topological polar surface area (TPSA) is 48.6 Å². The highest BCUT2D eigenvalue weighted by molar-refractivity contribution is 14.1. The van der Waals surface area contributed by atoms with Crippen molar-refractivity contribution in [3.8, 4) is 0 Å². The van der Waals surface area contributed by atoms with E-state index >= 15 is 0 Å². The molecule has 0 fully saturated rings. The van der Waals surface area contributed by atoms with Crippen LogP contribution >= 0.6 is 22.6 Å².